The summed E-state index contributed by atoms with van der Waals surface area (Å²) in [6.07, 6.45) is 7.84. The van der Waals surface area contributed by atoms with Gasteiger partial charge in [0.2, 0.25) is 0 Å². The molecule has 5 nitrogen and oxygen atoms in total. The molecule has 1 rings (SSSR count). The normalized spacial score (nSPS) is 24.1. The van der Waals surface area contributed by atoms with Crippen LogP contribution in [-0.2, 0) is 18.0 Å². The fraction of sp³-hybridized carbons (Fsp3) is 1.00. The molecule has 1 fully saturated rings. The van der Waals surface area contributed by atoms with E-state index in [0.717, 1.165) is 70.6 Å². The van der Waals surface area contributed by atoms with Gasteiger partial charge in [0, 0.05) is 32.5 Å². The zero-order chi connectivity index (χ0) is 19.3. The highest BCUT2D eigenvalue weighted by molar-refractivity contribution is 6.60. The van der Waals surface area contributed by atoms with Crippen molar-refractivity contribution in [3.63, 3.8) is 0 Å². The van der Waals surface area contributed by atoms with Crippen molar-refractivity contribution in [1.82, 2.24) is 0 Å². The van der Waals surface area contributed by atoms with E-state index < -0.39 is 8.80 Å². The van der Waals surface area contributed by atoms with Crippen molar-refractivity contribution in [2.75, 3.05) is 26.4 Å². The minimum Gasteiger partial charge on any atom is -0.390 e. The first-order valence-corrected chi connectivity index (χ1v) is 12.7. The highest BCUT2D eigenvalue weighted by Crippen LogP contribution is 2.33. The number of hydrogen-bond donors (Lipinski definition) is 1. The van der Waals surface area contributed by atoms with E-state index in [0.29, 0.717) is 19.1 Å². The van der Waals surface area contributed by atoms with Crippen LogP contribution in [0.3, 0.4) is 0 Å². The SMILES string of the molecule is CCCCOC1CC(CC[Si](OCC)(OCC)OCCCC)CCC1O. The van der Waals surface area contributed by atoms with Gasteiger partial charge in [-0.3, -0.25) is 0 Å². The van der Waals surface area contributed by atoms with Gasteiger partial charge in [-0.05, 0) is 58.3 Å². The molecule has 1 aliphatic carbocycles. The molecule has 0 spiro atoms. The van der Waals surface area contributed by atoms with Crippen molar-refractivity contribution in [2.24, 2.45) is 5.92 Å². The lowest BCUT2D eigenvalue weighted by Gasteiger charge is -2.35. The number of ether oxygens (including phenoxy) is 1. The van der Waals surface area contributed by atoms with Crippen molar-refractivity contribution >= 4 is 8.80 Å². The third-order valence-electron chi connectivity index (χ3n) is 5.10. The summed E-state index contributed by atoms with van der Waals surface area (Å²) in [5.74, 6) is 0.549. The maximum Gasteiger partial charge on any atom is 0.500 e. The Labute approximate surface area is 162 Å². The lowest BCUT2D eigenvalue weighted by Crippen LogP contribution is -2.47. The summed E-state index contributed by atoms with van der Waals surface area (Å²) in [5.41, 5.74) is 0. The van der Waals surface area contributed by atoms with Gasteiger partial charge in [0.25, 0.3) is 0 Å². The summed E-state index contributed by atoms with van der Waals surface area (Å²) in [6, 6.07) is 0.862. The number of rotatable bonds is 15. The minimum absolute atomic E-state index is 0.0171. The predicted octanol–water partition coefficient (Wildman–Crippen LogP) is 4.55. The predicted molar refractivity (Wildman–Crippen MR) is 107 cm³/mol. The molecule has 3 atom stereocenters. The van der Waals surface area contributed by atoms with Crippen LogP contribution in [-0.4, -0.2) is 52.5 Å². The lowest BCUT2D eigenvalue weighted by atomic mass is 9.84. The molecule has 26 heavy (non-hydrogen) atoms. The Morgan fingerprint density at radius 1 is 0.885 bits per heavy atom. The van der Waals surface area contributed by atoms with Crippen LogP contribution in [0.1, 0.15) is 79.1 Å². The highest BCUT2D eigenvalue weighted by atomic mass is 28.4. The summed E-state index contributed by atoms with van der Waals surface area (Å²) in [4.78, 5) is 0. The third-order valence-corrected chi connectivity index (χ3v) is 8.10. The van der Waals surface area contributed by atoms with E-state index in [1.807, 2.05) is 13.8 Å². The second kappa shape index (κ2) is 14.1. The van der Waals surface area contributed by atoms with Crippen LogP contribution < -0.4 is 0 Å². The third kappa shape index (κ3) is 8.80. The summed E-state index contributed by atoms with van der Waals surface area (Å²) in [5, 5.41) is 10.2. The first-order valence-electron chi connectivity index (χ1n) is 10.8. The smallest absolute Gasteiger partial charge is 0.390 e. The van der Waals surface area contributed by atoms with E-state index in [2.05, 4.69) is 13.8 Å². The molecule has 0 radical (unpaired) electrons. The molecule has 0 amide bonds. The quantitative estimate of drug-likeness (QED) is 0.328. The molecule has 1 saturated carbocycles. The van der Waals surface area contributed by atoms with Crippen molar-refractivity contribution in [2.45, 2.75) is 97.3 Å². The molecule has 156 valence electrons. The van der Waals surface area contributed by atoms with Gasteiger partial charge in [0.05, 0.1) is 12.2 Å². The first kappa shape index (κ1) is 24.1. The van der Waals surface area contributed by atoms with Crippen LogP contribution in [0.15, 0.2) is 0 Å². The van der Waals surface area contributed by atoms with Crippen LogP contribution in [0.25, 0.3) is 0 Å². The molecule has 0 aromatic heterocycles. The second-order valence-electron chi connectivity index (χ2n) is 7.30. The Kier molecular flexibility index (Phi) is 13.0. The molecule has 0 aromatic rings. The van der Waals surface area contributed by atoms with Gasteiger partial charge in [0.1, 0.15) is 0 Å². The van der Waals surface area contributed by atoms with Crippen molar-refractivity contribution in [3.05, 3.63) is 0 Å². The maximum atomic E-state index is 10.2. The second-order valence-corrected chi connectivity index (χ2v) is 10.0. The van der Waals surface area contributed by atoms with Gasteiger partial charge in [-0.15, -0.1) is 0 Å². The lowest BCUT2D eigenvalue weighted by molar-refractivity contribution is -0.0726. The van der Waals surface area contributed by atoms with E-state index >= 15 is 0 Å². The van der Waals surface area contributed by atoms with Gasteiger partial charge < -0.3 is 23.1 Å². The number of unbranched alkanes of at least 4 members (excludes halogenated alkanes) is 2. The van der Waals surface area contributed by atoms with Crippen LogP contribution in [0, 0.1) is 5.92 Å². The van der Waals surface area contributed by atoms with E-state index in [1.165, 1.54) is 0 Å². The van der Waals surface area contributed by atoms with Gasteiger partial charge >= 0.3 is 8.80 Å². The van der Waals surface area contributed by atoms with Crippen molar-refractivity contribution < 1.29 is 23.1 Å². The maximum absolute atomic E-state index is 10.2. The van der Waals surface area contributed by atoms with Gasteiger partial charge in [0.15, 0.2) is 0 Å². The fourth-order valence-electron chi connectivity index (χ4n) is 3.55. The summed E-state index contributed by atoms with van der Waals surface area (Å²) < 4.78 is 24.2. The molecule has 1 aliphatic rings. The van der Waals surface area contributed by atoms with Crippen molar-refractivity contribution in [3.8, 4) is 0 Å². The molecule has 0 aromatic carbocycles. The first-order chi connectivity index (χ1) is 12.6. The number of aliphatic hydroxyl groups excluding tert-OH is 1. The van der Waals surface area contributed by atoms with E-state index in [9.17, 15) is 5.11 Å². The zero-order valence-corrected chi connectivity index (χ0v) is 18.5. The van der Waals surface area contributed by atoms with Crippen molar-refractivity contribution in [1.29, 1.82) is 0 Å². The van der Waals surface area contributed by atoms with E-state index in [4.69, 9.17) is 18.0 Å². The highest BCUT2D eigenvalue weighted by Gasteiger charge is 2.41. The number of hydrogen-bond acceptors (Lipinski definition) is 5. The summed E-state index contributed by atoms with van der Waals surface area (Å²) in [6.45, 7) is 11.1. The van der Waals surface area contributed by atoms with Crippen LogP contribution in [0.5, 0.6) is 0 Å². The average Bonchev–Trinajstić information content (AvgIpc) is 2.63. The Bertz CT molecular complexity index is 336. The van der Waals surface area contributed by atoms with Crippen LogP contribution in [0.2, 0.25) is 6.04 Å². The fourth-order valence-corrected chi connectivity index (χ4v) is 6.33. The molecule has 3 unspecified atom stereocenters. The molecular formula is C20H42O5Si. The van der Waals surface area contributed by atoms with Crippen LogP contribution in [0.4, 0.5) is 0 Å². The summed E-state index contributed by atoms with van der Waals surface area (Å²) >= 11 is 0. The minimum atomic E-state index is -2.59. The topological polar surface area (TPSA) is 57.2 Å². The Morgan fingerprint density at radius 2 is 1.54 bits per heavy atom. The molecule has 6 heteroatoms. The standard InChI is InChI=1S/C20H42O5Si/c1-5-9-14-22-20-17-18(11-12-19(20)21)13-16-26(23-7-3,24-8-4)25-15-10-6-2/h18-21H,5-17H2,1-4H3. The molecule has 0 bridgehead atoms. The molecule has 0 aliphatic heterocycles. The van der Waals surface area contributed by atoms with Crippen LogP contribution >= 0.6 is 0 Å². The molecular weight excluding hydrogens is 348 g/mol. The average molecular weight is 391 g/mol. The Balaban J connectivity index is 2.56. The number of aliphatic hydroxyl groups is 1. The van der Waals surface area contributed by atoms with Gasteiger partial charge in [-0.25, -0.2) is 0 Å². The Hall–Kier alpha value is 0.0169. The zero-order valence-electron chi connectivity index (χ0n) is 17.5. The molecule has 0 saturated heterocycles. The Morgan fingerprint density at radius 3 is 2.15 bits per heavy atom. The largest absolute Gasteiger partial charge is 0.500 e. The molecule has 1 N–H and O–H groups in total. The molecule has 0 heterocycles. The summed E-state index contributed by atoms with van der Waals surface area (Å²) in [7, 11) is -2.59. The van der Waals surface area contributed by atoms with Gasteiger partial charge in [-0.1, -0.05) is 26.7 Å². The van der Waals surface area contributed by atoms with E-state index in [-0.39, 0.29) is 12.2 Å². The van der Waals surface area contributed by atoms with E-state index in [1.54, 1.807) is 0 Å². The monoisotopic (exact) mass is 390 g/mol. The van der Waals surface area contributed by atoms with Gasteiger partial charge in [-0.2, -0.15) is 0 Å².